The van der Waals surface area contributed by atoms with Crippen LogP contribution in [0, 0.1) is 5.92 Å². The lowest BCUT2D eigenvalue weighted by Gasteiger charge is -2.40. The van der Waals surface area contributed by atoms with E-state index in [0.29, 0.717) is 19.0 Å². The summed E-state index contributed by atoms with van der Waals surface area (Å²) in [7, 11) is 0. The maximum atomic E-state index is 12.4. The summed E-state index contributed by atoms with van der Waals surface area (Å²) < 4.78 is 37.3. The van der Waals surface area contributed by atoms with Gasteiger partial charge in [-0.1, -0.05) is 12.1 Å². The van der Waals surface area contributed by atoms with E-state index in [-0.39, 0.29) is 5.56 Å². The number of amides is 1. The smallest absolute Gasteiger partial charge is 0.378 e. The van der Waals surface area contributed by atoms with Gasteiger partial charge in [-0.15, -0.1) is 0 Å². The summed E-state index contributed by atoms with van der Waals surface area (Å²) in [6, 6.07) is 4.03. The molecule has 0 aromatic heterocycles. The van der Waals surface area contributed by atoms with Crippen LogP contribution in [0.5, 0.6) is 0 Å². The Bertz CT molecular complexity index is 498. The molecule has 1 fully saturated rings. The molecular formula is C14H16F3NO2S. The highest BCUT2D eigenvalue weighted by Crippen LogP contribution is 2.30. The Balaban J connectivity index is 1.97. The normalized spacial score (nSPS) is 17.5. The molecule has 116 valence electrons. The van der Waals surface area contributed by atoms with Crippen LogP contribution in [0.2, 0.25) is 0 Å². The molecule has 1 aliphatic heterocycles. The molecule has 1 heterocycles. The van der Waals surface area contributed by atoms with Crippen LogP contribution in [0.1, 0.15) is 17.2 Å². The quantitative estimate of drug-likeness (QED) is 0.927. The van der Waals surface area contributed by atoms with Gasteiger partial charge in [-0.2, -0.15) is 24.9 Å². The molecule has 0 bridgehead atoms. The zero-order valence-electron chi connectivity index (χ0n) is 11.4. The number of likely N-dealkylation sites (tertiary alicyclic amines) is 1. The summed E-state index contributed by atoms with van der Waals surface area (Å²) in [6.45, 7) is 1.19. The van der Waals surface area contributed by atoms with Crippen LogP contribution >= 0.6 is 11.8 Å². The topological polar surface area (TPSA) is 40.5 Å². The number of thioether (sulfide) groups is 1. The van der Waals surface area contributed by atoms with E-state index in [1.165, 1.54) is 4.90 Å². The third kappa shape index (κ3) is 3.71. The van der Waals surface area contributed by atoms with Crippen molar-refractivity contribution in [1.82, 2.24) is 4.90 Å². The Morgan fingerprint density at radius 1 is 1.38 bits per heavy atom. The lowest BCUT2D eigenvalue weighted by molar-refractivity contribution is -0.146. The molecule has 1 aromatic rings. The fraction of sp³-hybridized carbons (Fsp3) is 0.500. The number of hydrogen-bond donors (Lipinski definition) is 1. The predicted octanol–water partition coefficient (Wildman–Crippen LogP) is 2.56. The van der Waals surface area contributed by atoms with Gasteiger partial charge in [0.2, 0.25) is 0 Å². The molecular weight excluding hydrogens is 303 g/mol. The van der Waals surface area contributed by atoms with E-state index in [0.717, 1.165) is 30.0 Å². The lowest BCUT2D eigenvalue weighted by Crippen LogP contribution is -2.52. The number of benzene rings is 1. The number of carbonyl (C=O) groups is 1. The summed E-state index contributed by atoms with van der Waals surface area (Å²) in [5.41, 5.74) is -0.615. The number of rotatable bonds is 4. The summed E-state index contributed by atoms with van der Waals surface area (Å²) in [5.74, 6) is 0.941. The molecule has 2 rings (SSSR count). The Morgan fingerprint density at radius 3 is 2.43 bits per heavy atom. The molecule has 1 aliphatic rings. The second-order valence-electron chi connectivity index (χ2n) is 5.09. The van der Waals surface area contributed by atoms with E-state index in [1.807, 2.05) is 6.26 Å². The first kappa shape index (κ1) is 16.2. The van der Waals surface area contributed by atoms with E-state index < -0.39 is 23.8 Å². The van der Waals surface area contributed by atoms with Crippen molar-refractivity contribution in [2.75, 3.05) is 25.1 Å². The fourth-order valence-corrected chi connectivity index (χ4v) is 2.94. The zero-order valence-corrected chi connectivity index (χ0v) is 12.2. The van der Waals surface area contributed by atoms with Crippen LogP contribution in [0.25, 0.3) is 0 Å². The highest BCUT2D eigenvalue weighted by molar-refractivity contribution is 7.98. The Hall–Kier alpha value is -1.21. The van der Waals surface area contributed by atoms with Gasteiger partial charge in [-0.25, -0.2) is 0 Å². The van der Waals surface area contributed by atoms with Gasteiger partial charge in [0.05, 0.1) is 5.56 Å². The second-order valence-corrected chi connectivity index (χ2v) is 6.00. The van der Waals surface area contributed by atoms with Crippen molar-refractivity contribution >= 4 is 17.7 Å². The lowest BCUT2D eigenvalue weighted by atomic mass is 9.99. The number of aliphatic hydroxyl groups excluding tert-OH is 1. The van der Waals surface area contributed by atoms with Crippen LogP contribution in [0.15, 0.2) is 24.3 Å². The molecule has 7 heteroatoms. The first-order valence-corrected chi connectivity index (χ1v) is 7.85. The Morgan fingerprint density at radius 2 is 1.95 bits per heavy atom. The third-order valence-corrected chi connectivity index (χ3v) is 4.26. The average molecular weight is 319 g/mol. The van der Waals surface area contributed by atoms with Gasteiger partial charge >= 0.3 is 6.18 Å². The molecule has 1 aromatic carbocycles. The van der Waals surface area contributed by atoms with Crippen molar-refractivity contribution in [3.63, 3.8) is 0 Å². The standard InChI is InChI=1S/C14H16F3NO2S/c1-21-8-9-6-18(7-9)13(20)12(19)10-2-4-11(5-3-10)14(15,16)17/h2-5,9,12,19H,6-8H2,1H3. The Labute approximate surface area is 125 Å². The molecule has 3 nitrogen and oxygen atoms in total. The number of halogens is 3. The minimum Gasteiger partial charge on any atom is -0.378 e. The van der Waals surface area contributed by atoms with Crippen molar-refractivity contribution in [3.05, 3.63) is 35.4 Å². The van der Waals surface area contributed by atoms with Gasteiger partial charge in [0.1, 0.15) is 0 Å². The van der Waals surface area contributed by atoms with Crippen molar-refractivity contribution in [2.24, 2.45) is 5.92 Å². The fourth-order valence-electron chi connectivity index (χ4n) is 2.26. The van der Waals surface area contributed by atoms with E-state index in [9.17, 15) is 23.1 Å². The largest absolute Gasteiger partial charge is 0.416 e. The number of aliphatic hydroxyl groups is 1. The highest BCUT2D eigenvalue weighted by atomic mass is 32.2. The third-order valence-electron chi connectivity index (χ3n) is 3.46. The van der Waals surface area contributed by atoms with Gasteiger partial charge in [-0.05, 0) is 29.7 Å². The molecule has 0 spiro atoms. The summed E-state index contributed by atoms with van der Waals surface area (Å²) in [6.07, 6.45) is -3.83. The van der Waals surface area contributed by atoms with Crippen molar-refractivity contribution < 1.29 is 23.1 Å². The van der Waals surface area contributed by atoms with Crippen LogP contribution in [0.3, 0.4) is 0 Å². The van der Waals surface area contributed by atoms with Crippen LogP contribution < -0.4 is 0 Å². The van der Waals surface area contributed by atoms with Crippen molar-refractivity contribution in [1.29, 1.82) is 0 Å². The maximum absolute atomic E-state index is 12.4. The molecule has 0 aliphatic carbocycles. The van der Waals surface area contributed by atoms with Gasteiger partial charge < -0.3 is 10.0 Å². The SMILES string of the molecule is CSCC1CN(C(=O)C(O)c2ccc(C(F)(F)F)cc2)C1. The van der Waals surface area contributed by atoms with Gasteiger partial charge in [0.25, 0.3) is 5.91 Å². The van der Waals surface area contributed by atoms with Crippen LogP contribution in [-0.4, -0.2) is 41.0 Å². The minimum atomic E-state index is -4.42. The molecule has 1 atom stereocenters. The minimum absolute atomic E-state index is 0.182. The van der Waals surface area contributed by atoms with Crippen LogP contribution in [0.4, 0.5) is 13.2 Å². The first-order chi connectivity index (χ1) is 9.82. The number of hydrogen-bond acceptors (Lipinski definition) is 3. The predicted molar refractivity (Wildman–Crippen MR) is 74.9 cm³/mol. The molecule has 1 unspecified atom stereocenters. The summed E-state index contributed by atoms with van der Waals surface area (Å²) in [4.78, 5) is 13.5. The van der Waals surface area contributed by atoms with Crippen molar-refractivity contribution in [2.45, 2.75) is 12.3 Å². The summed E-state index contributed by atoms with van der Waals surface area (Å²) >= 11 is 1.70. The molecule has 1 saturated heterocycles. The molecule has 21 heavy (non-hydrogen) atoms. The zero-order chi connectivity index (χ0) is 15.6. The highest BCUT2D eigenvalue weighted by Gasteiger charge is 2.34. The van der Waals surface area contributed by atoms with E-state index in [2.05, 4.69) is 0 Å². The van der Waals surface area contributed by atoms with E-state index in [1.54, 1.807) is 11.8 Å². The first-order valence-electron chi connectivity index (χ1n) is 6.46. The molecule has 0 radical (unpaired) electrons. The van der Waals surface area contributed by atoms with Gasteiger partial charge in [-0.3, -0.25) is 4.79 Å². The molecule has 1 N–H and O–H groups in total. The maximum Gasteiger partial charge on any atom is 0.416 e. The Kier molecular flexibility index (Phi) is 4.83. The molecule has 1 amide bonds. The van der Waals surface area contributed by atoms with Gasteiger partial charge in [0.15, 0.2) is 6.10 Å². The summed E-state index contributed by atoms with van der Waals surface area (Å²) in [5, 5.41) is 9.96. The van der Waals surface area contributed by atoms with Crippen molar-refractivity contribution in [3.8, 4) is 0 Å². The number of alkyl halides is 3. The van der Waals surface area contributed by atoms with Crippen LogP contribution in [-0.2, 0) is 11.0 Å². The average Bonchev–Trinajstić information content (AvgIpc) is 2.40. The monoisotopic (exact) mass is 319 g/mol. The van der Waals surface area contributed by atoms with E-state index >= 15 is 0 Å². The molecule has 0 saturated carbocycles. The number of nitrogens with zero attached hydrogens (tertiary/aromatic N) is 1. The second kappa shape index (κ2) is 6.27. The number of carbonyl (C=O) groups excluding carboxylic acids is 1. The van der Waals surface area contributed by atoms with E-state index in [4.69, 9.17) is 0 Å². The van der Waals surface area contributed by atoms with Gasteiger partial charge in [0, 0.05) is 19.0 Å².